The van der Waals surface area contributed by atoms with E-state index in [2.05, 4.69) is 24.0 Å². The van der Waals surface area contributed by atoms with E-state index in [0.717, 1.165) is 29.8 Å². The highest BCUT2D eigenvalue weighted by molar-refractivity contribution is 7.99. The molecule has 2 rings (SSSR count). The number of rotatable bonds is 8. The lowest BCUT2D eigenvalue weighted by atomic mass is 9.91. The number of primary amides is 1. The molecule has 0 bridgehead atoms. The number of hydrogen-bond acceptors (Lipinski definition) is 3. The summed E-state index contributed by atoms with van der Waals surface area (Å²) in [6.45, 7) is 4.34. The van der Waals surface area contributed by atoms with E-state index in [-0.39, 0.29) is 5.91 Å². The van der Waals surface area contributed by atoms with Crippen molar-refractivity contribution in [2.45, 2.75) is 82.0 Å². The first-order chi connectivity index (χ1) is 9.49. The minimum Gasteiger partial charge on any atom is -0.368 e. The lowest BCUT2D eigenvalue weighted by Crippen LogP contribution is -2.54. The van der Waals surface area contributed by atoms with Crippen molar-refractivity contribution in [1.29, 1.82) is 0 Å². The van der Waals surface area contributed by atoms with Crippen molar-refractivity contribution in [3.63, 3.8) is 0 Å². The van der Waals surface area contributed by atoms with Crippen LogP contribution in [0.5, 0.6) is 0 Å². The lowest BCUT2D eigenvalue weighted by Gasteiger charge is -2.29. The van der Waals surface area contributed by atoms with Crippen LogP contribution in [-0.4, -0.2) is 28.5 Å². The van der Waals surface area contributed by atoms with Gasteiger partial charge in [0.25, 0.3) is 0 Å². The van der Waals surface area contributed by atoms with Crippen LogP contribution in [0, 0.1) is 5.92 Å². The summed E-state index contributed by atoms with van der Waals surface area (Å²) in [5.41, 5.74) is 5.08. The summed E-state index contributed by atoms with van der Waals surface area (Å²) in [6.07, 6.45) is 9.88. The van der Waals surface area contributed by atoms with E-state index in [1.54, 1.807) is 0 Å². The Morgan fingerprint density at radius 3 is 2.70 bits per heavy atom. The second kappa shape index (κ2) is 7.17. The summed E-state index contributed by atoms with van der Waals surface area (Å²) in [5, 5.41) is 4.27. The third kappa shape index (κ3) is 4.96. The third-order valence-electron chi connectivity index (χ3n) is 4.71. The van der Waals surface area contributed by atoms with E-state index in [4.69, 9.17) is 5.73 Å². The van der Waals surface area contributed by atoms with Crippen molar-refractivity contribution < 1.29 is 4.79 Å². The van der Waals surface area contributed by atoms with Crippen LogP contribution >= 0.6 is 11.8 Å². The maximum atomic E-state index is 11.7. The van der Waals surface area contributed by atoms with Crippen LogP contribution in [0.25, 0.3) is 0 Å². The molecular formula is C16H30N2OS. The third-order valence-corrected chi connectivity index (χ3v) is 6.13. The molecule has 0 radical (unpaired) electrons. The topological polar surface area (TPSA) is 55.1 Å². The molecule has 0 aliphatic heterocycles. The monoisotopic (exact) mass is 298 g/mol. The van der Waals surface area contributed by atoms with E-state index < -0.39 is 5.54 Å². The van der Waals surface area contributed by atoms with Crippen molar-refractivity contribution in [3.05, 3.63) is 0 Å². The molecule has 0 aromatic rings. The van der Waals surface area contributed by atoms with Crippen LogP contribution in [0.1, 0.15) is 65.2 Å². The van der Waals surface area contributed by atoms with Crippen molar-refractivity contribution in [2.24, 2.45) is 11.7 Å². The van der Waals surface area contributed by atoms with Crippen LogP contribution in [0.2, 0.25) is 0 Å². The van der Waals surface area contributed by atoms with Gasteiger partial charge < -0.3 is 11.1 Å². The minimum absolute atomic E-state index is 0.194. The summed E-state index contributed by atoms with van der Waals surface area (Å²) in [7, 11) is 0. The molecule has 2 saturated carbocycles. The number of amides is 1. The van der Waals surface area contributed by atoms with Crippen molar-refractivity contribution >= 4 is 17.7 Å². The van der Waals surface area contributed by atoms with Gasteiger partial charge >= 0.3 is 0 Å². The fraction of sp³-hybridized carbons (Fsp3) is 0.938. The molecule has 3 N–H and O–H groups in total. The average Bonchev–Trinajstić information content (AvgIpc) is 3.18. The summed E-state index contributed by atoms with van der Waals surface area (Å²) in [5.74, 6) is 1.86. The Balaban J connectivity index is 1.66. The number of carbonyl (C=O) groups is 1. The minimum atomic E-state index is -0.498. The normalized spacial score (nSPS) is 29.9. The van der Waals surface area contributed by atoms with Crippen LogP contribution in [0.3, 0.4) is 0 Å². The average molecular weight is 298 g/mol. The Labute approximate surface area is 127 Å². The van der Waals surface area contributed by atoms with E-state index in [0.29, 0.717) is 6.04 Å². The molecule has 3 nitrogen and oxygen atoms in total. The summed E-state index contributed by atoms with van der Waals surface area (Å²) in [4.78, 5) is 11.7. The van der Waals surface area contributed by atoms with Gasteiger partial charge in [-0.15, -0.1) is 0 Å². The van der Waals surface area contributed by atoms with E-state index in [1.807, 2.05) is 6.92 Å². The van der Waals surface area contributed by atoms with Gasteiger partial charge in [0.2, 0.25) is 5.91 Å². The summed E-state index contributed by atoms with van der Waals surface area (Å²) < 4.78 is 0. The number of hydrogen-bond donors (Lipinski definition) is 2. The zero-order chi connectivity index (χ0) is 14.6. The number of nitrogens with two attached hydrogens (primary N) is 1. The highest BCUT2D eigenvalue weighted by atomic mass is 32.2. The molecule has 0 aromatic heterocycles. The van der Waals surface area contributed by atoms with E-state index >= 15 is 0 Å². The molecule has 2 aliphatic carbocycles. The Hall–Kier alpha value is -0.220. The van der Waals surface area contributed by atoms with Gasteiger partial charge in [-0.05, 0) is 57.1 Å². The van der Waals surface area contributed by atoms with E-state index in [9.17, 15) is 4.79 Å². The molecule has 4 heteroatoms. The van der Waals surface area contributed by atoms with Gasteiger partial charge in [-0.3, -0.25) is 4.79 Å². The first kappa shape index (κ1) is 16.2. The van der Waals surface area contributed by atoms with Crippen molar-refractivity contribution in [3.8, 4) is 0 Å². The van der Waals surface area contributed by atoms with Gasteiger partial charge in [-0.25, -0.2) is 0 Å². The Morgan fingerprint density at radius 1 is 1.35 bits per heavy atom. The molecule has 0 heterocycles. The van der Waals surface area contributed by atoms with Crippen LogP contribution < -0.4 is 11.1 Å². The molecule has 0 aromatic carbocycles. The Bertz CT molecular complexity index is 332. The second-order valence-corrected chi connectivity index (χ2v) is 8.39. The van der Waals surface area contributed by atoms with Gasteiger partial charge in [0.1, 0.15) is 0 Å². The van der Waals surface area contributed by atoms with Crippen LogP contribution in [0.15, 0.2) is 0 Å². The highest BCUT2D eigenvalue weighted by Gasteiger charge is 2.36. The number of nitrogens with one attached hydrogen (secondary N) is 1. The Kier molecular flexibility index (Phi) is 5.79. The predicted molar refractivity (Wildman–Crippen MR) is 86.9 cm³/mol. The zero-order valence-electron chi connectivity index (χ0n) is 13.0. The number of thioether (sulfide) groups is 1. The first-order valence-electron chi connectivity index (χ1n) is 8.19. The molecule has 2 aliphatic rings. The number of carbonyl (C=O) groups excluding carboxylic acids is 1. The zero-order valence-corrected chi connectivity index (χ0v) is 13.8. The quantitative estimate of drug-likeness (QED) is 0.677. The predicted octanol–water partition coefficient (Wildman–Crippen LogP) is 3.07. The molecule has 1 amide bonds. The fourth-order valence-electron chi connectivity index (χ4n) is 3.15. The first-order valence-corrected chi connectivity index (χ1v) is 9.24. The molecule has 20 heavy (non-hydrogen) atoms. The molecule has 3 atom stereocenters. The van der Waals surface area contributed by atoms with Gasteiger partial charge in [0.05, 0.1) is 5.54 Å². The summed E-state index contributed by atoms with van der Waals surface area (Å²) >= 11 is 2.11. The van der Waals surface area contributed by atoms with Gasteiger partial charge in [0.15, 0.2) is 0 Å². The van der Waals surface area contributed by atoms with Crippen molar-refractivity contribution in [2.75, 3.05) is 5.75 Å². The largest absolute Gasteiger partial charge is 0.368 e. The van der Waals surface area contributed by atoms with E-state index in [1.165, 1.54) is 38.5 Å². The maximum Gasteiger partial charge on any atom is 0.237 e. The lowest BCUT2D eigenvalue weighted by molar-refractivity contribution is -0.124. The molecule has 116 valence electrons. The van der Waals surface area contributed by atoms with Crippen molar-refractivity contribution in [1.82, 2.24) is 5.32 Å². The van der Waals surface area contributed by atoms with Gasteiger partial charge in [-0.2, -0.15) is 11.8 Å². The maximum absolute atomic E-state index is 11.7. The molecular weight excluding hydrogens is 268 g/mol. The highest BCUT2D eigenvalue weighted by Crippen LogP contribution is 2.33. The molecule has 0 saturated heterocycles. The van der Waals surface area contributed by atoms with Crippen LogP contribution in [-0.2, 0) is 4.79 Å². The fourth-order valence-corrected chi connectivity index (χ4v) is 4.59. The van der Waals surface area contributed by atoms with Gasteiger partial charge in [0, 0.05) is 11.3 Å². The SMILES string of the molecule is CC1CCCC(SCCCC(C)(NC2CC2)C(N)=O)C1. The summed E-state index contributed by atoms with van der Waals surface area (Å²) in [6, 6.07) is 0.527. The standard InChI is InChI=1S/C16H30N2OS/c1-12-5-3-6-14(11-12)20-10-4-9-16(2,15(17)19)18-13-7-8-13/h12-14,18H,3-11H2,1-2H3,(H2,17,19). The van der Waals surface area contributed by atoms with Gasteiger partial charge in [-0.1, -0.05) is 19.8 Å². The molecule has 0 spiro atoms. The smallest absolute Gasteiger partial charge is 0.237 e. The molecule has 3 unspecified atom stereocenters. The second-order valence-electron chi connectivity index (χ2n) is 6.98. The van der Waals surface area contributed by atoms with Crippen LogP contribution in [0.4, 0.5) is 0 Å². The molecule has 2 fully saturated rings. The Morgan fingerprint density at radius 2 is 2.10 bits per heavy atom.